The van der Waals surface area contributed by atoms with E-state index in [2.05, 4.69) is 30.6 Å². The summed E-state index contributed by atoms with van der Waals surface area (Å²) in [6.45, 7) is 3.48. The van der Waals surface area contributed by atoms with E-state index in [9.17, 15) is 4.39 Å². The normalized spacial score (nSPS) is 13.2. The van der Waals surface area contributed by atoms with Gasteiger partial charge in [0.15, 0.2) is 0 Å². The zero-order chi connectivity index (χ0) is 21.7. The molecule has 6 heterocycles. The van der Waals surface area contributed by atoms with Crippen LogP contribution in [0.25, 0.3) is 44.8 Å². The van der Waals surface area contributed by atoms with E-state index in [-0.39, 0.29) is 5.82 Å². The minimum atomic E-state index is -0.342. The maximum absolute atomic E-state index is 13.7. The molecule has 0 atom stereocenters. The fraction of sp³-hybridized carbons (Fsp3) is 0.174. The Bertz CT molecular complexity index is 1470. The SMILES string of the molecule is Cc1nc(-c2n[nH]cc2-c2ccc3ncc(-c4cnn5c4NCCC5)cc3n2)ccc1F. The van der Waals surface area contributed by atoms with Gasteiger partial charge in [-0.15, -0.1) is 0 Å². The number of aromatic amines is 1. The average Bonchev–Trinajstić information content (AvgIpc) is 3.48. The Balaban J connectivity index is 1.43. The molecule has 158 valence electrons. The van der Waals surface area contributed by atoms with E-state index in [0.717, 1.165) is 58.7 Å². The lowest BCUT2D eigenvalue weighted by Gasteiger charge is -2.17. The Morgan fingerprint density at radius 3 is 2.81 bits per heavy atom. The molecule has 5 aromatic rings. The largest absolute Gasteiger partial charge is 0.370 e. The van der Waals surface area contributed by atoms with Crippen LogP contribution in [-0.2, 0) is 6.54 Å². The molecule has 9 heteroatoms. The van der Waals surface area contributed by atoms with Crippen molar-refractivity contribution in [3.8, 4) is 33.8 Å². The van der Waals surface area contributed by atoms with E-state index < -0.39 is 0 Å². The van der Waals surface area contributed by atoms with Crippen molar-refractivity contribution in [2.24, 2.45) is 0 Å². The van der Waals surface area contributed by atoms with Crippen LogP contribution in [0.4, 0.5) is 10.2 Å². The Hall–Kier alpha value is -4.14. The van der Waals surface area contributed by atoms with E-state index in [0.29, 0.717) is 17.1 Å². The maximum atomic E-state index is 13.7. The lowest BCUT2D eigenvalue weighted by Crippen LogP contribution is -2.17. The van der Waals surface area contributed by atoms with Gasteiger partial charge in [0.1, 0.15) is 17.3 Å². The summed E-state index contributed by atoms with van der Waals surface area (Å²) in [5, 5.41) is 15.1. The molecule has 0 saturated carbocycles. The molecule has 0 aliphatic carbocycles. The number of H-pyrrole nitrogens is 1. The lowest BCUT2D eigenvalue weighted by molar-refractivity contribution is 0.568. The van der Waals surface area contributed by atoms with E-state index >= 15 is 0 Å². The summed E-state index contributed by atoms with van der Waals surface area (Å²) in [6, 6.07) is 8.90. The number of hydrogen-bond donors (Lipinski definition) is 2. The molecular formula is C23H19FN8. The van der Waals surface area contributed by atoms with Crippen molar-refractivity contribution < 1.29 is 4.39 Å². The first-order valence-corrected chi connectivity index (χ1v) is 10.4. The molecule has 5 aromatic heterocycles. The van der Waals surface area contributed by atoms with Crippen molar-refractivity contribution in [1.29, 1.82) is 0 Å². The molecule has 0 radical (unpaired) electrons. The van der Waals surface area contributed by atoms with Gasteiger partial charge < -0.3 is 5.32 Å². The van der Waals surface area contributed by atoms with Crippen molar-refractivity contribution in [2.75, 3.05) is 11.9 Å². The van der Waals surface area contributed by atoms with Gasteiger partial charge in [-0.3, -0.25) is 10.1 Å². The van der Waals surface area contributed by atoms with Gasteiger partial charge in [-0.05, 0) is 43.7 Å². The molecular weight excluding hydrogens is 407 g/mol. The van der Waals surface area contributed by atoms with Crippen LogP contribution in [0.1, 0.15) is 12.1 Å². The van der Waals surface area contributed by atoms with Gasteiger partial charge in [-0.25, -0.2) is 19.0 Å². The third kappa shape index (κ3) is 3.01. The number of anilines is 1. The highest BCUT2D eigenvalue weighted by Crippen LogP contribution is 2.33. The van der Waals surface area contributed by atoms with Crippen LogP contribution in [0.5, 0.6) is 0 Å². The van der Waals surface area contributed by atoms with Crippen LogP contribution in [0.15, 0.2) is 48.9 Å². The number of pyridine rings is 3. The minimum Gasteiger partial charge on any atom is -0.370 e. The second kappa shape index (κ2) is 7.23. The topological polar surface area (TPSA) is 97.2 Å². The van der Waals surface area contributed by atoms with Crippen LogP contribution in [0.3, 0.4) is 0 Å². The second-order valence-corrected chi connectivity index (χ2v) is 7.78. The van der Waals surface area contributed by atoms with E-state index in [1.165, 1.54) is 6.07 Å². The molecule has 32 heavy (non-hydrogen) atoms. The molecule has 1 aliphatic rings. The number of rotatable bonds is 3. The van der Waals surface area contributed by atoms with Crippen LogP contribution >= 0.6 is 0 Å². The molecule has 0 fully saturated rings. The molecule has 0 amide bonds. The second-order valence-electron chi connectivity index (χ2n) is 7.78. The molecule has 2 N–H and O–H groups in total. The Kier molecular flexibility index (Phi) is 4.20. The molecule has 0 bridgehead atoms. The zero-order valence-corrected chi connectivity index (χ0v) is 17.3. The smallest absolute Gasteiger partial charge is 0.144 e. The highest BCUT2D eigenvalue weighted by atomic mass is 19.1. The fourth-order valence-corrected chi connectivity index (χ4v) is 4.05. The molecule has 1 aliphatic heterocycles. The molecule has 0 spiro atoms. The van der Waals surface area contributed by atoms with Crippen molar-refractivity contribution >= 4 is 16.9 Å². The zero-order valence-electron chi connectivity index (χ0n) is 17.3. The number of fused-ring (bicyclic) bond motifs is 2. The first-order valence-electron chi connectivity index (χ1n) is 10.4. The highest BCUT2D eigenvalue weighted by molar-refractivity contribution is 5.86. The molecule has 8 nitrogen and oxygen atoms in total. The van der Waals surface area contributed by atoms with Gasteiger partial charge in [0.2, 0.25) is 0 Å². The number of nitrogens with one attached hydrogen (secondary N) is 2. The van der Waals surface area contributed by atoms with Gasteiger partial charge in [-0.1, -0.05) is 0 Å². The Labute approximate surface area is 182 Å². The van der Waals surface area contributed by atoms with Gasteiger partial charge in [0, 0.05) is 42.2 Å². The maximum Gasteiger partial charge on any atom is 0.144 e. The van der Waals surface area contributed by atoms with Crippen molar-refractivity contribution in [3.05, 3.63) is 60.4 Å². The predicted molar refractivity (Wildman–Crippen MR) is 119 cm³/mol. The summed E-state index contributed by atoms with van der Waals surface area (Å²) in [7, 11) is 0. The van der Waals surface area contributed by atoms with Crippen molar-refractivity contribution in [2.45, 2.75) is 19.9 Å². The first-order chi connectivity index (χ1) is 15.7. The quantitative estimate of drug-likeness (QED) is 0.449. The summed E-state index contributed by atoms with van der Waals surface area (Å²) in [5.41, 5.74) is 6.61. The predicted octanol–water partition coefficient (Wildman–Crippen LogP) is 4.21. The van der Waals surface area contributed by atoms with E-state index in [1.54, 1.807) is 19.2 Å². The summed E-state index contributed by atoms with van der Waals surface area (Å²) < 4.78 is 15.7. The molecule has 6 rings (SSSR count). The van der Waals surface area contributed by atoms with E-state index in [1.807, 2.05) is 35.3 Å². The van der Waals surface area contributed by atoms with Crippen LogP contribution < -0.4 is 5.32 Å². The van der Waals surface area contributed by atoms with Gasteiger partial charge >= 0.3 is 0 Å². The average molecular weight is 426 g/mol. The standard InChI is InChI=1S/C23H19FN8/c1-13-17(24)3-4-20(29-13)22-16(11-27-31-22)18-5-6-19-21(30-18)9-14(10-26-19)15-12-28-32-8-2-7-25-23(15)32/h3-6,9-12,25H,2,7-8H2,1H3,(H,27,31). The first kappa shape index (κ1) is 18.6. The van der Waals surface area contributed by atoms with Crippen LogP contribution in [0.2, 0.25) is 0 Å². The third-order valence-corrected chi connectivity index (χ3v) is 5.71. The summed E-state index contributed by atoms with van der Waals surface area (Å²) in [6.07, 6.45) is 6.56. The minimum absolute atomic E-state index is 0.329. The van der Waals surface area contributed by atoms with Crippen molar-refractivity contribution in [3.63, 3.8) is 0 Å². The van der Waals surface area contributed by atoms with Crippen molar-refractivity contribution in [1.82, 2.24) is 34.9 Å². The molecule has 0 unspecified atom stereocenters. The fourth-order valence-electron chi connectivity index (χ4n) is 4.05. The van der Waals surface area contributed by atoms with Crippen LogP contribution in [-0.4, -0.2) is 41.5 Å². The number of nitrogens with zero attached hydrogens (tertiary/aromatic N) is 6. The Morgan fingerprint density at radius 2 is 1.91 bits per heavy atom. The van der Waals surface area contributed by atoms with Gasteiger partial charge in [0.25, 0.3) is 0 Å². The number of halogens is 1. The van der Waals surface area contributed by atoms with E-state index in [4.69, 9.17) is 4.98 Å². The molecule has 0 aromatic carbocycles. The summed E-state index contributed by atoms with van der Waals surface area (Å²) in [4.78, 5) is 13.8. The summed E-state index contributed by atoms with van der Waals surface area (Å²) in [5.74, 6) is 0.675. The monoisotopic (exact) mass is 426 g/mol. The number of hydrogen-bond acceptors (Lipinski definition) is 6. The summed E-state index contributed by atoms with van der Waals surface area (Å²) >= 11 is 0. The number of aromatic nitrogens is 7. The molecule has 0 saturated heterocycles. The third-order valence-electron chi connectivity index (χ3n) is 5.71. The van der Waals surface area contributed by atoms with Gasteiger partial charge in [0.05, 0.1) is 34.3 Å². The Morgan fingerprint density at radius 1 is 1.00 bits per heavy atom. The highest BCUT2D eigenvalue weighted by Gasteiger charge is 2.18. The lowest BCUT2D eigenvalue weighted by atomic mass is 10.1. The van der Waals surface area contributed by atoms with Crippen LogP contribution in [0, 0.1) is 12.7 Å². The van der Waals surface area contributed by atoms with Gasteiger partial charge in [-0.2, -0.15) is 10.2 Å². The number of aryl methyl sites for hydroxylation is 2.